The van der Waals surface area contributed by atoms with Gasteiger partial charge in [0.1, 0.15) is 5.54 Å². The summed E-state index contributed by atoms with van der Waals surface area (Å²) in [7, 11) is 0. The molecule has 1 unspecified atom stereocenters. The fourth-order valence-electron chi connectivity index (χ4n) is 2.61. The molecule has 5 heteroatoms. The molecule has 0 saturated carbocycles. The third kappa shape index (κ3) is 1.66. The summed E-state index contributed by atoms with van der Waals surface area (Å²) in [5.41, 5.74) is -0.303. The highest BCUT2D eigenvalue weighted by molar-refractivity contribution is 7.17. The van der Waals surface area contributed by atoms with E-state index in [4.69, 9.17) is 0 Å². The van der Waals surface area contributed by atoms with Crippen LogP contribution in [0.3, 0.4) is 0 Å². The molecular weight excluding hydrogens is 284 g/mol. The van der Waals surface area contributed by atoms with Gasteiger partial charge in [-0.15, -0.1) is 11.3 Å². The summed E-state index contributed by atoms with van der Waals surface area (Å²) in [6.07, 6.45) is 0. The molecule has 1 aromatic heterocycles. The standard InChI is InChI=1S/C16H14N2O2S/c1-9(2)16(3,8-17)18-14(19)11-5-4-10-6-7-21-13(10)12(11)15(18)20/h4-7,9H,1-3H3. The molecule has 0 fully saturated rings. The molecule has 1 aliphatic heterocycles. The van der Waals surface area contributed by atoms with Crippen LogP contribution in [0.2, 0.25) is 0 Å². The molecule has 0 spiro atoms. The number of carbonyl (C=O) groups is 2. The smallest absolute Gasteiger partial charge is 0.264 e. The van der Waals surface area contributed by atoms with Crippen molar-refractivity contribution in [2.75, 3.05) is 0 Å². The van der Waals surface area contributed by atoms with Crippen molar-refractivity contribution in [2.45, 2.75) is 26.3 Å². The highest BCUT2D eigenvalue weighted by atomic mass is 32.1. The molecule has 0 bridgehead atoms. The fraction of sp³-hybridized carbons (Fsp3) is 0.312. The molecule has 0 radical (unpaired) electrons. The Morgan fingerprint density at radius 1 is 1.24 bits per heavy atom. The van der Waals surface area contributed by atoms with Crippen molar-refractivity contribution < 1.29 is 9.59 Å². The number of fused-ring (bicyclic) bond motifs is 3. The number of hydrogen-bond acceptors (Lipinski definition) is 4. The van der Waals surface area contributed by atoms with E-state index in [1.165, 1.54) is 11.3 Å². The molecule has 1 aromatic carbocycles. The van der Waals surface area contributed by atoms with E-state index >= 15 is 0 Å². The lowest BCUT2D eigenvalue weighted by Crippen LogP contribution is -2.52. The second-order valence-corrected chi connectivity index (χ2v) is 6.60. The quantitative estimate of drug-likeness (QED) is 0.798. The van der Waals surface area contributed by atoms with Gasteiger partial charge in [0.15, 0.2) is 0 Å². The molecule has 2 aromatic rings. The van der Waals surface area contributed by atoms with Crippen LogP contribution in [0, 0.1) is 17.2 Å². The van der Waals surface area contributed by atoms with E-state index in [0.29, 0.717) is 11.1 Å². The van der Waals surface area contributed by atoms with Crippen LogP contribution >= 0.6 is 11.3 Å². The minimum Gasteiger partial charge on any atom is -0.269 e. The summed E-state index contributed by atoms with van der Waals surface area (Å²) in [5.74, 6) is -0.882. The van der Waals surface area contributed by atoms with Crippen molar-refractivity contribution in [1.82, 2.24) is 4.90 Å². The lowest BCUT2D eigenvalue weighted by atomic mass is 9.88. The third-order valence-corrected chi connectivity index (χ3v) is 5.23. The van der Waals surface area contributed by atoms with Gasteiger partial charge in [-0.1, -0.05) is 19.9 Å². The van der Waals surface area contributed by atoms with Crippen LogP contribution in [0.1, 0.15) is 41.5 Å². The van der Waals surface area contributed by atoms with Crippen molar-refractivity contribution in [3.63, 3.8) is 0 Å². The second-order valence-electron chi connectivity index (χ2n) is 5.69. The van der Waals surface area contributed by atoms with Crippen LogP contribution in [-0.2, 0) is 0 Å². The molecule has 2 heterocycles. The maximum atomic E-state index is 12.8. The van der Waals surface area contributed by atoms with Crippen LogP contribution in [0.4, 0.5) is 0 Å². The van der Waals surface area contributed by atoms with Gasteiger partial charge in [-0.05, 0) is 35.7 Å². The molecule has 3 rings (SSSR count). The first-order valence-electron chi connectivity index (χ1n) is 6.72. The first-order chi connectivity index (χ1) is 9.91. The fourth-order valence-corrected chi connectivity index (χ4v) is 3.54. The summed E-state index contributed by atoms with van der Waals surface area (Å²) in [5, 5.41) is 12.4. The van der Waals surface area contributed by atoms with Gasteiger partial charge >= 0.3 is 0 Å². The second kappa shape index (κ2) is 4.40. The zero-order valence-corrected chi connectivity index (χ0v) is 12.8. The predicted molar refractivity (Wildman–Crippen MR) is 81.2 cm³/mol. The number of amides is 2. The van der Waals surface area contributed by atoms with Crippen LogP contribution < -0.4 is 0 Å². The Morgan fingerprint density at radius 3 is 2.57 bits per heavy atom. The Labute approximate surface area is 126 Å². The first kappa shape index (κ1) is 13.8. The van der Waals surface area contributed by atoms with Crippen molar-refractivity contribution in [2.24, 2.45) is 5.92 Å². The van der Waals surface area contributed by atoms with E-state index in [9.17, 15) is 14.9 Å². The van der Waals surface area contributed by atoms with Crippen LogP contribution in [0.5, 0.6) is 0 Å². The Balaban J connectivity index is 2.24. The number of carbonyl (C=O) groups excluding carboxylic acids is 2. The van der Waals surface area contributed by atoms with Gasteiger partial charge in [-0.2, -0.15) is 5.26 Å². The lowest BCUT2D eigenvalue weighted by molar-refractivity contribution is 0.0466. The molecular formula is C16H14N2O2S. The zero-order valence-electron chi connectivity index (χ0n) is 12.0. The Hall–Kier alpha value is -2.19. The molecule has 1 atom stereocenters. The lowest BCUT2D eigenvalue weighted by Gasteiger charge is -2.34. The Kier molecular flexibility index (Phi) is 2.89. The van der Waals surface area contributed by atoms with Gasteiger partial charge in [-0.3, -0.25) is 14.5 Å². The summed E-state index contributed by atoms with van der Waals surface area (Å²) in [6.45, 7) is 5.33. The van der Waals surface area contributed by atoms with E-state index < -0.39 is 5.54 Å². The van der Waals surface area contributed by atoms with Gasteiger partial charge in [0, 0.05) is 4.70 Å². The number of rotatable bonds is 2. The van der Waals surface area contributed by atoms with Gasteiger partial charge in [0.05, 0.1) is 17.2 Å². The number of nitriles is 1. The SMILES string of the molecule is CC(C)C(C)(C#N)N1C(=O)c2ccc3ccsc3c2C1=O. The minimum atomic E-state index is -1.14. The Morgan fingerprint density at radius 2 is 1.95 bits per heavy atom. The van der Waals surface area contributed by atoms with Gasteiger partial charge in [0.2, 0.25) is 0 Å². The number of thiophene rings is 1. The molecule has 106 valence electrons. The largest absolute Gasteiger partial charge is 0.269 e. The highest BCUT2D eigenvalue weighted by Crippen LogP contribution is 2.38. The van der Waals surface area contributed by atoms with Crippen LogP contribution in [0.25, 0.3) is 10.1 Å². The summed E-state index contributed by atoms with van der Waals surface area (Å²) in [6, 6.07) is 7.60. The van der Waals surface area contributed by atoms with Crippen molar-refractivity contribution in [1.29, 1.82) is 5.26 Å². The number of benzene rings is 1. The molecule has 21 heavy (non-hydrogen) atoms. The summed E-state index contributed by atoms with van der Waals surface area (Å²) >= 11 is 1.44. The average molecular weight is 298 g/mol. The van der Waals surface area contributed by atoms with Gasteiger partial charge < -0.3 is 0 Å². The molecule has 4 nitrogen and oxygen atoms in total. The number of nitrogens with zero attached hydrogens (tertiary/aromatic N) is 2. The zero-order chi connectivity index (χ0) is 15.4. The van der Waals surface area contributed by atoms with Crippen LogP contribution in [0.15, 0.2) is 23.6 Å². The van der Waals surface area contributed by atoms with Gasteiger partial charge in [-0.25, -0.2) is 0 Å². The summed E-state index contributed by atoms with van der Waals surface area (Å²) in [4.78, 5) is 26.6. The van der Waals surface area contributed by atoms with Crippen molar-refractivity contribution in [3.05, 3.63) is 34.7 Å². The van der Waals surface area contributed by atoms with Gasteiger partial charge in [0.25, 0.3) is 11.8 Å². The van der Waals surface area contributed by atoms with E-state index in [1.54, 1.807) is 13.0 Å². The topological polar surface area (TPSA) is 61.2 Å². The van der Waals surface area contributed by atoms with Crippen LogP contribution in [-0.4, -0.2) is 22.3 Å². The average Bonchev–Trinajstić information content (AvgIpc) is 3.01. The normalized spacial score (nSPS) is 17.2. The Bertz CT molecular complexity index is 815. The predicted octanol–water partition coefficient (Wildman–Crippen LogP) is 3.44. The van der Waals surface area contributed by atoms with E-state index in [-0.39, 0.29) is 17.7 Å². The molecule has 0 N–H and O–H groups in total. The third-order valence-electron chi connectivity index (χ3n) is 4.29. The maximum Gasteiger partial charge on any atom is 0.264 e. The minimum absolute atomic E-state index is 0.150. The maximum absolute atomic E-state index is 12.8. The number of hydrogen-bond donors (Lipinski definition) is 0. The van der Waals surface area contributed by atoms with E-state index in [1.807, 2.05) is 31.4 Å². The van der Waals surface area contributed by atoms with E-state index in [0.717, 1.165) is 15.0 Å². The van der Waals surface area contributed by atoms with Crippen molar-refractivity contribution in [3.8, 4) is 6.07 Å². The van der Waals surface area contributed by atoms with Crippen molar-refractivity contribution >= 4 is 33.2 Å². The van der Waals surface area contributed by atoms with E-state index in [2.05, 4.69) is 6.07 Å². The molecule has 0 aliphatic carbocycles. The molecule has 2 amide bonds. The summed E-state index contributed by atoms with van der Waals surface area (Å²) < 4.78 is 0.817. The molecule has 0 saturated heterocycles. The highest BCUT2D eigenvalue weighted by Gasteiger charge is 2.49. The number of imide groups is 1. The molecule has 1 aliphatic rings. The first-order valence-corrected chi connectivity index (χ1v) is 7.60. The monoisotopic (exact) mass is 298 g/mol.